The molecule has 236 valence electrons. The number of hydrogen-bond donors (Lipinski definition) is 2. The highest BCUT2D eigenvalue weighted by atomic mass is 16.5. The summed E-state index contributed by atoms with van der Waals surface area (Å²) in [6, 6.07) is 25.4. The number of hydrogen-bond acceptors (Lipinski definition) is 7. The van der Waals surface area contributed by atoms with E-state index in [9.17, 15) is 14.7 Å². The van der Waals surface area contributed by atoms with Crippen LogP contribution >= 0.6 is 0 Å². The summed E-state index contributed by atoms with van der Waals surface area (Å²) < 4.78 is 7.09. The first kappa shape index (κ1) is 29.7. The summed E-state index contributed by atoms with van der Waals surface area (Å²) in [6.45, 7) is 3.62. The highest BCUT2D eigenvalue weighted by Gasteiger charge is 2.39. The molecule has 0 fully saturated rings. The molecule has 0 bridgehead atoms. The van der Waals surface area contributed by atoms with Gasteiger partial charge in [0.2, 0.25) is 17.7 Å². The molecular formula is C36H33N7O4. The van der Waals surface area contributed by atoms with Gasteiger partial charge in [-0.3, -0.25) is 14.2 Å². The number of fused-ring (bicyclic) bond motifs is 4. The molecule has 0 saturated heterocycles. The van der Waals surface area contributed by atoms with Gasteiger partial charge < -0.3 is 24.6 Å². The number of carbonyl (C=O) groups excluding carboxylic acids is 2. The zero-order valence-electron chi connectivity index (χ0n) is 26.2. The van der Waals surface area contributed by atoms with Crippen molar-refractivity contribution in [2.45, 2.75) is 32.2 Å². The normalized spacial score (nSPS) is 14.2. The van der Waals surface area contributed by atoms with Crippen LogP contribution in [0.3, 0.4) is 0 Å². The predicted molar refractivity (Wildman–Crippen MR) is 179 cm³/mol. The summed E-state index contributed by atoms with van der Waals surface area (Å²) in [6.07, 6.45) is 3.83. The van der Waals surface area contributed by atoms with E-state index in [2.05, 4.69) is 20.2 Å². The van der Waals surface area contributed by atoms with Gasteiger partial charge in [-0.2, -0.15) is 0 Å². The fraction of sp³-hybridized carbons (Fsp3) is 0.194. The van der Waals surface area contributed by atoms with Gasteiger partial charge in [0, 0.05) is 34.8 Å². The van der Waals surface area contributed by atoms with Crippen molar-refractivity contribution < 1.29 is 19.4 Å². The number of phenolic OH excluding ortho intramolecular Hbond substituents is 1. The maximum absolute atomic E-state index is 14.9. The second-order valence-corrected chi connectivity index (χ2v) is 11.7. The van der Waals surface area contributed by atoms with E-state index in [0.29, 0.717) is 46.6 Å². The van der Waals surface area contributed by atoms with E-state index in [4.69, 9.17) is 4.74 Å². The first-order valence-corrected chi connectivity index (χ1v) is 15.4. The molecule has 2 amide bonds. The van der Waals surface area contributed by atoms with E-state index < -0.39 is 5.92 Å². The van der Waals surface area contributed by atoms with Crippen LogP contribution in [0.1, 0.15) is 31.2 Å². The molecular weight excluding hydrogens is 594 g/mol. The van der Waals surface area contributed by atoms with E-state index in [1.807, 2.05) is 79.2 Å². The van der Waals surface area contributed by atoms with Gasteiger partial charge in [-0.1, -0.05) is 42.5 Å². The molecule has 2 N–H and O–H groups in total. The van der Waals surface area contributed by atoms with Crippen LogP contribution in [0.25, 0.3) is 28.0 Å². The monoisotopic (exact) mass is 627 g/mol. The summed E-state index contributed by atoms with van der Waals surface area (Å²) >= 11 is 0. The second kappa shape index (κ2) is 12.1. The molecule has 3 aromatic carbocycles. The predicted octanol–water partition coefficient (Wildman–Crippen LogP) is 5.64. The lowest BCUT2D eigenvalue weighted by Gasteiger charge is -2.31. The number of aromatic nitrogens is 5. The Morgan fingerprint density at radius 2 is 1.79 bits per heavy atom. The highest BCUT2D eigenvalue weighted by Crippen LogP contribution is 2.39. The fourth-order valence-electron chi connectivity index (χ4n) is 6.33. The molecule has 11 heteroatoms. The number of phenols is 1. The highest BCUT2D eigenvalue weighted by molar-refractivity contribution is 6.07. The van der Waals surface area contributed by atoms with Crippen LogP contribution in [0.2, 0.25) is 0 Å². The second-order valence-electron chi connectivity index (χ2n) is 11.7. The molecule has 1 aliphatic rings. The van der Waals surface area contributed by atoms with Crippen LogP contribution in [0.15, 0.2) is 97.3 Å². The molecule has 7 rings (SSSR count). The average molecular weight is 628 g/mol. The maximum atomic E-state index is 14.9. The molecule has 0 radical (unpaired) electrons. The van der Waals surface area contributed by atoms with Crippen molar-refractivity contribution in [2.24, 2.45) is 0 Å². The van der Waals surface area contributed by atoms with E-state index >= 15 is 0 Å². The summed E-state index contributed by atoms with van der Waals surface area (Å²) in [5, 5.41) is 20.5. The summed E-state index contributed by atoms with van der Waals surface area (Å²) in [5.41, 5.74) is 4.33. The first-order valence-electron chi connectivity index (χ1n) is 15.4. The van der Waals surface area contributed by atoms with Gasteiger partial charge in [0.1, 0.15) is 18.2 Å². The van der Waals surface area contributed by atoms with Crippen molar-refractivity contribution in [1.29, 1.82) is 0 Å². The SMILES string of the molecule is COc1ccc(N(C(=O)CN2C(=O)C(Cc3c[nH]c4ccccc34)c3nnc(-c4cccc(O)c4)n3-c3ccccc32)C(C)C)cn1. The molecule has 11 nitrogen and oxygen atoms in total. The molecule has 3 aromatic heterocycles. The summed E-state index contributed by atoms with van der Waals surface area (Å²) in [7, 11) is 1.54. The van der Waals surface area contributed by atoms with E-state index in [1.54, 1.807) is 46.3 Å². The van der Waals surface area contributed by atoms with Crippen LogP contribution < -0.4 is 14.5 Å². The first-order chi connectivity index (χ1) is 22.8. The third kappa shape index (κ3) is 5.35. The van der Waals surface area contributed by atoms with Crippen LogP contribution in [-0.4, -0.2) is 61.3 Å². The number of para-hydroxylation sites is 3. The number of pyridine rings is 1. The molecule has 1 aliphatic heterocycles. The molecule has 0 spiro atoms. The van der Waals surface area contributed by atoms with Gasteiger partial charge in [0.05, 0.1) is 30.4 Å². The summed E-state index contributed by atoms with van der Waals surface area (Å²) in [4.78, 5) is 39.9. The van der Waals surface area contributed by atoms with Gasteiger partial charge in [-0.25, -0.2) is 4.98 Å². The number of benzene rings is 3. The fourth-order valence-corrected chi connectivity index (χ4v) is 6.33. The Morgan fingerprint density at radius 3 is 2.53 bits per heavy atom. The Labute approximate surface area is 271 Å². The summed E-state index contributed by atoms with van der Waals surface area (Å²) in [5.74, 6) is 0.105. The minimum Gasteiger partial charge on any atom is -0.508 e. The standard InChI is InChI=1S/C36H33N7O4/c1-22(2)42(25-15-16-32(47-3)38-20-25)33(45)21-41-30-13-6-7-14-31(30)43-34(23-9-8-10-26(44)17-23)39-40-35(43)28(36(41)46)18-24-19-37-29-12-5-4-11-27(24)29/h4-17,19-20,22,28,37,44H,18,21H2,1-3H3. The van der Waals surface area contributed by atoms with Crippen molar-refractivity contribution in [1.82, 2.24) is 24.7 Å². The van der Waals surface area contributed by atoms with Gasteiger partial charge in [-0.15, -0.1) is 10.2 Å². The topological polar surface area (TPSA) is 129 Å². The molecule has 47 heavy (non-hydrogen) atoms. The van der Waals surface area contributed by atoms with Crippen molar-refractivity contribution in [3.05, 3.63) is 109 Å². The number of ether oxygens (including phenoxy) is 1. The number of aromatic amines is 1. The Bertz CT molecular complexity index is 2100. The Balaban J connectivity index is 1.37. The van der Waals surface area contributed by atoms with Crippen molar-refractivity contribution in [2.75, 3.05) is 23.5 Å². The largest absolute Gasteiger partial charge is 0.508 e. The van der Waals surface area contributed by atoms with Crippen LogP contribution in [0.5, 0.6) is 11.6 Å². The number of aromatic hydroxyl groups is 1. The lowest BCUT2D eigenvalue weighted by molar-refractivity contribution is -0.123. The van der Waals surface area contributed by atoms with E-state index in [-0.39, 0.29) is 30.2 Å². The van der Waals surface area contributed by atoms with Crippen LogP contribution in [-0.2, 0) is 16.0 Å². The number of nitrogens with one attached hydrogen (secondary N) is 1. The van der Waals surface area contributed by atoms with Crippen LogP contribution in [0, 0.1) is 0 Å². The maximum Gasteiger partial charge on any atom is 0.247 e. The molecule has 0 saturated carbocycles. The lowest BCUT2D eigenvalue weighted by atomic mass is 9.96. The van der Waals surface area contributed by atoms with Crippen molar-refractivity contribution in [3.63, 3.8) is 0 Å². The van der Waals surface area contributed by atoms with Crippen LogP contribution in [0.4, 0.5) is 11.4 Å². The van der Waals surface area contributed by atoms with Gasteiger partial charge in [0.15, 0.2) is 11.6 Å². The molecule has 4 heterocycles. The zero-order chi connectivity index (χ0) is 32.7. The molecule has 1 atom stereocenters. The Hall–Kier alpha value is -5.97. The number of amides is 2. The van der Waals surface area contributed by atoms with E-state index in [1.165, 1.54) is 7.11 Å². The number of methoxy groups -OCH3 is 1. The number of nitrogens with zero attached hydrogens (tertiary/aromatic N) is 6. The van der Waals surface area contributed by atoms with Gasteiger partial charge in [-0.05, 0) is 62.2 Å². The minimum atomic E-state index is -0.789. The third-order valence-electron chi connectivity index (χ3n) is 8.47. The van der Waals surface area contributed by atoms with Crippen molar-refractivity contribution >= 4 is 34.1 Å². The quantitative estimate of drug-likeness (QED) is 0.223. The zero-order valence-corrected chi connectivity index (χ0v) is 26.2. The molecule has 0 aliphatic carbocycles. The smallest absolute Gasteiger partial charge is 0.247 e. The van der Waals surface area contributed by atoms with Crippen molar-refractivity contribution in [3.8, 4) is 28.7 Å². The number of rotatable bonds is 8. The number of H-pyrrole nitrogens is 1. The van der Waals surface area contributed by atoms with E-state index in [0.717, 1.165) is 16.5 Å². The average Bonchev–Trinajstić information content (AvgIpc) is 3.69. The molecule has 6 aromatic rings. The van der Waals surface area contributed by atoms with Gasteiger partial charge in [0.25, 0.3) is 0 Å². The number of carbonyl (C=O) groups is 2. The number of anilines is 2. The minimum absolute atomic E-state index is 0.0854. The third-order valence-corrected chi connectivity index (χ3v) is 8.47. The molecule has 1 unspecified atom stereocenters. The van der Waals surface area contributed by atoms with Gasteiger partial charge >= 0.3 is 0 Å². The Morgan fingerprint density at radius 1 is 1.00 bits per heavy atom. The lowest BCUT2D eigenvalue weighted by Crippen LogP contribution is -2.47. The Kier molecular flexibility index (Phi) is 7.64.